The smallest absolute Gasteiger partial charge is 0.337 e. The van der Waals surface area contributed by atoms with Crippen molar-refractivity contribution in [3.63, 3.8) is 0 Å². The molecule has 7 aromatic carbocycles. The van der Waals surface area contributed by atoms with Crippen LogP contribution in [0.4, 0.5) is 0 Å². The summed E-state index contributed by atoms with van der Waals surface area (Å²) in [5.41, 5.74) is 7.05. The van der Waals surface area contributed by atoms with Crippen LogP contribution in [0.25, 0.3) is 0 Å². The molecule has 7 aromatic rings. The van der Waals surface area contributed by atoms with Gasteiger partial charge in [-0.25, -0.2) is 14.4 Å². The Hall–Kier alpha value is -8.55. The van der Waals surface area contributed by atoms with Crippen LogP contribution in [0.1, 0.15) is 90.1 Å². The minimum absolute atomic E-state index is 0.0274. The monoisotopic (exact) mass is 1090 g/mol. The quantitative estimate of drug-likeness (QED) is 0.0324. The fraction of sp³-hybridized carbons (Fsp3) is 0.261. The predicted octanol–water partition coefficient (Wildman–Crippen LogP) is 12.8. The molecule has 0 saturated heterocycles. The van der Waals surface area contributed by atoms with E-state index in [0.717, 1.165) is 50.1 Å². The summed E-state index contributed by atoms with van der Waals surface area (Å²) in [5, 5.41) is 0. The zero-order chi connectivity index (χ0) is 56.1. The normalized spacial score (nSPS) is 15.9. The SMILES string of the molecule is CC1=C(C(=O)OCCOCc2cc(COCCOC(=O)C3=C(C)OC(c4ccccc4)(c4ccccc4)C3)cc(COCCOC(=O)C3=C(C)OC(c4ccccc4)(c4ccccc4)C3)c2)CC(c2ccccc2)(c2ccccc2)O1. The maximum absolute atomic E-state index is 13.6. The number of esters is 3. The fourth-order valence-electron chi connectivity index (χ4n) is 11.1. The molecule has 81 heavy (non-hydrogen) atoms. The van der Waals surface area contributed by atoms with Crippen molar-refractivity contribution in [1.82, 2.24) is 0 Å². The van der Waals surface area contributed by atoms with E-state index in [1.807, 2.05) is 200 Å². The summed E-state index contributed by atoms with van der Waals surface area (Å²) in [5.74, 6) is 0.207. The highest BCUT2D eigenvalue weighted by atomic mass is 16.6. The van der Waals surface area contributed by atoms with Crippen LogP contribution in [0.3, 0.4) is 0 Å². The second-order valence-electron chi connectivity index (χ2n) is 20.3. The largest absolute Gasteiger partial charge is 0.482 e. The van der Waals surface area contributed by atoms with Gasteiger partial charge < -0.3 is 42.6 Å². The predicted molar refractivity (Wildman–Crippen MR) is 304 cm³/mol. The van der Waals surface area contributed by atoms with Gasteiger partial charge in [0.05, 0.1) is 56.4 Å². The zero-order valence-corrected chi connectivity index (χ0v) is 45.9. The zero-order valence-electron chi connectivity index (χ0n) is 45.9. The molecule has 3 heterocycles. The Kier molecular flexibility index (Phi) is 17.7. The van der Waals surface area contributed by atoms with Gasteiger partial charge in [0, 0.05) is 52.6 Å². The van der Waals surface area contributed by atoms with Crippen LogP contribution in [-0.2, 0) is 93.6 Å². The van der Waals surface area contributed by atoms with Crippen molar-refractivity contribution in [2.75, 3.05) is 39.6 Å². The van der Waals surface area contributed by atoms with Gasteiger partial charge in [0.15, 0.2) is 16.8 Å². The van der Waals surface area contributed by atoms with Crippen LogP contribution < -0.4 is 0 Å². The van der Waals surface area contributed by atoms with E-state index in [1.54, 1.807) is 20.8 Å². The lowest BCUT2D eigenvalue weighted by molar-refractivity contribution is -0.141. The van der Waals surface area contributed by atoms with Gasteiger partial charge in [-0.2, -0.15) is 0 Å². The molecular weight excluding hydrogens is 1020 g/mol. The number of benzene rings is 7. The summed E-state index contributed by atoms with van der Waals surface area (Å²) in [4.78, 5) is 40.8. The fourth-order valence-corrected chi connectivity index (χ4v) is 11.1. The van der Waals surface area contributed by atoms with Gasteiger partial charge in [0.1, 0.15) is 37.1 Å². The van der Waals surface area contributed by atoms with Crippen molar-refractivity contribution in [2.24, 2.45) is 0 Å². The Balaban J connectivity index is 0.742. The topological polar surface area (TPSA) is 134 Å². The van der Waals surface area contributed by atoms with E-state index in [4.69, 9.17) is 42.6 Å². The molecule has 0 bridgehead atoms. The van der Waals surface area contributed by atoms with E-state index < -0.39 is 34.7 Å². The van der Waals surface area contributed by atoms with E-state index >= 15 is 0 Å². The van der Waals surface area contributed by atoms with Crippen LogP contribution in [-0.4, -0.2) is 57.5 Å². The van der Waals surface area contributed by atoms with Gasteiger partial charge in [-0.15, -0.1) is 0 Å². The van der Waals surface area contributed by atoms with Crippen molar-refractivity contribution < 1.29 is 57.0 Å². The van der Waals surface area contributed by atoms with E-state index in [1.165, 1.54) is 0 Å². The molecule has 0 atom stereocenters. The first kappa shape index (κ1) is 55.8. The average Bonchev–Trinajstić information content (AvgIpc) is 4.42. The van der Waals surface area contributed by atoms with Crippen molar-refractivity contribution in [3.8, 4) is 0 Å². The summed E-state index contributed by atoms with van der Waals surface area (Å²) < 4.78 is 55.3. The summed E-state index contributed by atoms with van der Waals surface area (Å²) in [6, 6.07) is 65.4. The lowest BCUT2D eigenvalue weighted by Gasteiger charge is -2.31. The summed E-state index contributed by atoms with van der Waals surface area (Å²) in [6.07, 6.45) is 0.973. The molecule has 10 rings (SSSR count). The van der Waals surface area contributed by atoms with Gasteiger partial charge in [-0.05, 0) is 37.5 Å². The molecule has 12 heteroatoms. The van der Waals surface area contributed by atoms with Crippen LogP contribution in [0.2, 0.25) is 0 Å². The number of carbonyl (C=O) groups excluding carboxylic acids is 3. The Morgan fingerprint density at radius 3 is 0.753 bits per heavy atom. The van der Waals surface area contributed by atoms with Crippen LogP contribution in [0.5, 0.6) is 0 Å². The first-order chi connectivity index (χ1) is 39.6. The number of allylic oxidation sites excluding steroid dienone is 3. The summed E-state index contributed by atoms with van der Waals surface area (Å²) in [6.45, 7) is 6.53. The number of ether oxygens (including phenoxy) is 9. The Morgan fingerprint density at radius 1 is 0.333 bits per heavy atom. The van der Waals surface area contributed by atoms with Crippen LogP contribution >= 0.6 is 0 Å². The molecule has 0 aromatic heterocycles. The second-order valence-corrected chi connectivity index (χ2v) is 20.3. The number of carbonyl (C=O) groups is 3. The average molecular weight is 1090 g/mol. The molecule has 0 radical (unpaired) electrons. The maximum Gasteiger partial charge on any atom is 0.337 e. The van der Waals surface area contributed by atoms with Gasteiger partial charge >= 0.3 is 17.9 Å². The first-order valence-electron chi connectivity index (χ1n) is 27.4. The van der Waals surface area contributed by atoms with Crippen molar-refractivity contribution in [1.29, 1.82) is 0 Å². The molecule has 3 aliphatic heterocycles. The third kappa shape index (κ3) is 12.6. The molecule has 0 spiro atoms. The number of hydrogen-bond donors (Lipinski definition) is 0. The first-order valence-corrected chi connectivity index (χ1v) is 27.4. The number of rotatable bonds is 24. The van der Waals surface area contributed by atoms with Crippen LogP contribution in [0, 0.1) is 0 Å². The van der Waals surface area contributed by atoms with Crippen molar-refractivity contribution in [3.05, 3.63) is 284 Å². The van der Waals surface area contributed by atoms with Crippen LogP contribution in [0.15, 0.2) is 234 Å². The molecule has 3 aliphatic rings. The minimum atomic E-state index is -0.856. The lowest BCUT2D eigenvalue weighted by Crippen LogP contribution is -2.28. The highest BCUT2D eigenvalue weighted by Crippen LogP contribution is 2.49. The second kappa shape index (κ2) is 25.7. The molecule has 0 N–H and O–H groups in total. The number of hydrogen-bond acceptors (Lipinski definition) is 12. The summed E-state index contributed by atoms with van der Waals surface area (Å²) >= 11 is 0. The lowest BCUT2D eigenvalue weighted by atomic mass is 9.82. The highest BCUT2D eigenvalue weighted by Gasteiger charge is 2.48. The summed E-state index contributed by atoms with van der Waals surface area (Å²) in [7, 11) is 0. The Morgan fingerprint density at radius 2 is 0.543 bits per heavy atom. The van der Waals surface area contributed by atoms with E-state index in [-0.39, 0.29) is 59.5 Å². The minimum Gasteiger partial charge on any atom is -0.482 e. The van der Waals surface area contributed by atoms with Gasteiger partial charge in [0.25, 0.3) is 0 Å². The standard InChI is InChI=1S/C69H66O12/c1-49-61(43-67(79-49,55-22-10-4-11-23-55)56-24-12-5-13-25-56)64(70)76-37-34-73-46-52-40-53(47-74-35-38-77-65(71)62-44-68(80-50(62)2,57-26-14-6-15-27-57)58-28-16-7-17-29-58)42-54(41-52)48-75-36-39-78-66(72)63-45-69(81-51(63)3,59-30-18-8-19-31-59)60-32-20-9-21-33-60/h4-33,40-42H,34-39,43-48H2,1-3H3. The van der Waals surface area contributed by atoms with E-state index in [2.05, 4.69) is 0 Å². The molecule has 414 valence electrons. The Bertz CT molecular complexity index is 2890. The van der Waals surface area contributed by atoms with Gasteiger partial charge in [-0.1, -0.05) is 200 Å². The molecule has 0 fully saturated rings. The van der Waals surface area contributed by atoms with Crippen molar-refractivity contribution in [2.45, 2.75) is 76.7 Å². The molecule has 0 aliphatic carbocycles. The molecule has 0 unspecified atom stereocenters. The molecule has 0 saturated carbocycles. The molecular formula is C69H66O12. The maximum atomic E-state index is 13.6. The third-order valence-corrected chi connectivity index (χ3v) is 15.0. The van der Waals surface area contributed by atoms with E-state index in [9.17, 15) is 14.4 Å². The van der Waals surface area contributed by atoms with Gasteiger partial charge in [0.2, 0.25) is 0 Å². The highest BCUT2D eigenvalue weighted by molar-refractivity contribution is 5.91. The third-order valence-electron chi connectivity index (χ3n) is 15.0. The van der Waals surface area contributed by atoms with Gasteiger partial charge in [-0.3, -0.25) is 0 Å². The Labute approximate surface area is 473 Å². The molecule has 0 amide bonds. The molecule has 12 nitrogen and oxygen atoms in total. The van der Waals surface area contributed by atoms with Crippen molar-refractivity contribution >= 4 is 17.9 Å². The van der Waals surface area contributed by atoms with E-state index in [0.29, 0.717) is 53.3 Å².